The molecule has 0 aliphatic heterocycles. The second-order valence-electron chi connectivity index (χ2n) is 4.09. The third kappa shape index (κ3) is 2.51. The predicted octanol–water partition coefficient (Wildman–Crippen LogP) is 1.80. The van der Waals surface area contributed by atoms with E-state index in [1.165, 1.54) is 0 Å². The molecule has 1 aliphatic rings. The van der Waals surface area contributed by atoms with Gasteiger partial charge in [0.2, 0.25) is 5.91 Å². The molecule has 1 aromatic rings. The number of nitrogens with one attached hydrogen (secondary N) is 1. The van der Waals surface area contributed by atoms with E-state index in [-0.39, 0.29) is 17.9 Å². The maximum absolute atomic E-state index is 11.8. The van der Waals surface area contributed by atoms with Crippen molar-refractivity contribution in [1.82, 2.24) is 4.98 Å². The Labute approximate surface area is 99.2 Å². The van der Waals surface area contributed by atoms with E-state index in [4.69, 9.17) is 17.3 Å². The Morgan fingerprint density at radius 3 is 3.00 bits per heavy atom. The molecule has 2 rings (SSSR count). The number of carbonyl (C=O) groups is 1. The van der Waals surface area contributed by atoms with Crippen LogP contribution in [-0.4, -0.2) is 16.9 Å². The molecule has 1 amide bonds. The summed E-state index contributed by atoms with van der Waals surface area (Å²) in [5.41, 5.74) is 5.76. The Morgan fingerprint density at radius 2 is 2.38 bits per heavy atom. The number of nitrogens with zero attached hydrogens (tertiary/aromatic N) is 1. The SMILES string of the molecule is NC1CCC(C(=O)Nc2ncccc2Cl)C1. The predicted molar refractivity (Wildman–Crippen MR) is 63.2 cm³/mol. The van der Waals surface area contributed by atoms with Crippen LogP contribution in [0.1, 0.15) is 19.3 Å². The maximum Gasteiger partial charge on any atom is 0.228 e. The summed E-state index contributed by atoms with van der Waals surface area (Å²) in [7, 11) is 0. The van der Waals surface area contributed by atoms with Gasteiger partial charge in [0.15, 0.2) is 5.82 Å². The molecule has 86 valence electrons. The van der Waals surface area contributed by atoms with E-state index in [1.54, 1.807) is 18.3 Å². The van der Waals surface area contributed by atoms with Crippen molar-refractivity contribution in [2.24, 2.45) is 11.7 Å². The molecule has 0 spiro atoms. The number of anilines is 1. The minimum atomic E-state index is -0.0337. The van der Waals surface area contributed by atoms with Gasteiger partial charge in [-0.05, 0) is 31.4 Å². The van der Waals surface area contributed by atoms with Crippen LogP contribution in [0.5, 0.6) is 0 Å². The zero-order chi connectivity index (χ0) is 11.5. The Kier molecular flexibility index (Phi) is 3.41. The van der Waals surface area contributed by atoms with Crippen LogP contribution < -0.4 is 11.1 Å². The van der Waals surface area contributed by atoms with Crippen LogP contribution in [0, 0.1) is 5.92 Å². The van der Waals surface area contributed by atoms with Crippen LogP contribution in [0.3, 0.4) is 0 Å². The Bertz CT molecular complexity index is 397. The highest BCUT2D eigenvalue weighted by molar-refractivity contribution is 6.33. The third-order valence-corrected chi connectivity index (χ3v) is 3.15. The van der Waals surface area contributed by atoms with Crippen LogP contribution in [0.2, 0.25) is 5.02 Å². The second-order valence-corrected chi connectivity index (χ2v) is 4.50. The summed E-state index contributed by atoms with van der Waals surface area (Å²) in [4.78, 5) is 15.9. The molecule has 1 aliphatic carbocycles. The van der Waals surface area contributed by atoms with Gasteiger partial charge in [0.25, 0.3) is 0 Å². The minimum Gasteiger partial charge on any atom is -0.328 e. The van der Waals surface area contributed by atoms with Gasteiger partial charge < -0.3 is 11.1 Å². The molecule has 0 aromatic carbocycles. The fourth-order valence-corrected chi connectivity index (χ4v) is 2.12. The molecule has 2 unspecified atom stereocenters. The van der Waals surface area contributed by atoms with Crippen LogP contribution in [0.15, 0.2) is 18.3 Å². The Morgan fingerprint density at radius 1 is 1.56 bits per heavy atom. The fraction of sp³-hybridized carbons (Fsp3) is 0.455. The van der Waals surface area contributed by atoms with E-state index >= 15 is 0 Å². The molecular weight excluding hydrogens is 226 g/mol. The highest BCUT2D eigenvalue weighted by Gasteiger charge is 2.28. The molecule has 5 heteroatoms. The van der Waals surface area contributed by atoms with Gasteiger partial charge in [0, 0.05) is 18.2 Å². The van der Waals surface area contributed by atoms with Crippen molar-refractivity contribution in [1.29, 1.82) is 0 Å². The lowest BCUT2D eigenvalue weighted by molar-refractivity contribution is -0.119. The molecule has 1 saturated carbocycles. The van der Waals surface area contributed by atoms with Gasteiger partial charge in [-0.15, -0.1) is 0 Å². The van der Waals surface area contributed by atoms with E-state index in [2.05, 4.69) is 10.3 Å². The molecule has 1 heterocycles. The van der Waals surface area contributed by atoms with Gasteiger partial charge >= 0.3 is 0 Å². The van der Waals surface area contributed by atoms with Gasteiger partial charge in [-0.1, -0.05) is 11.6 Å². The topological polar surface area (TPSA) is 68.0 Å². The van der Waals surface area contributed by atoms with Crippen molar-refractivity contribution in [2.45, 2.75) is 25.3 Å². The lowest BCUT2D eigenvalue weighted by atomic mass is 10.1. The van der Waals surface area contributed by atoms with Crippen molar-refractivity contribution >= 4 is 23.3 Å². The fourth-order valence-electron chi connectivity index (χ4n) is 1.95. The number of aromatic nitrogens is 1. The molecule has 4 nitrogen and oxygen atoms in total. The standard InChI is InChI=1S/C11H14ClN3O/c12-9-2-1-5-14-10(9)15-11(16)7-3-4-8(13)6-7/h1-2,5,7-8H,3-4,6,13H2,(H,14,15,16). The van der Waals surface area contributed by atoms with E-state index in [1.807, 2.05) is 0 Å². The summed E-state index contributed by atoms with van der Waals surface area (Å²) in [6.07, 6.45) is 4.10. The second kappa shape index (κ2) is 4.80. The summed E-state index contributed by atoms with van der Waals surface area (Å²) >= 11 is 5.90. The van der Waals surface area contributed by atoms with Crippen LogP contribution in [-0.2, 0) is 4.79 Å². The number of hydrogen-bond acceptors (Lipinski definition) is 3. The summed E-state index contributed by atoms with van der Waals surface area (Å²) < 4.78 is 0. The van der Waals surface area contributed by atoms with E-state index in [0.717, 1.165) is 19.3 Å². The summed E-state index contributed by atoms with van der Waals surface area (Å²) in [6, 6.07) is 3.57. The highest BCUT2D eigenvalue weighted by atomic mass is 35.5. The van der Waals surface area contributed by atoms with E-state index in [0.29, 0.717) is 10.8 Å². The molecule has 0 radical (unpaired) electrons. The van der Waals surface area contributed by atoms with Gasteiger partial charge in [-0.25, -0.2) is 4.98 Å². The zero-order valence-corrected chi connectivity index (χ0v) is 9.57. The molecule has 1 fully saturated rings. The minimum absolute atomic E-state index is 0.00641. The average molecular weight is 240 g/mol. The van der Waals surface area contributed by atoms with E-state index < -0.39 is 0 Å². The van der Waals surface area contributed by atoms with Gasteiger partial charge in [-0.2, -0.15) is 0 Å². The number of nitrogens with two attached hydrogens (primary N) is 1. The summed E-state index contributed by atoms with van der Waals surface area (Å²) in [6.45, 7) is 0. The first-order valence-electron chi connectivity index (χ1n) is 5.34. The summed E-state index contributed by atoms with van der Waals surface area (Å²) in [5.74, 6) is 0.385. The molecule has 1 aromatic heterocycles. The molecular formula is C11H14ClN3O. The van der Waals surface area contributed by atoms with Gasteiger partial charge in [-0.3, -0.25) is 4.79 Å². The number of rotatable bonds is 2. The molecule has 3 N–H and O–H groups in total. The van der Waals surface area contributed by atoms with Crippen molar-refractivity contribution in [3.05, 3.63) is 23.4 Å². The number of pyridine rings is 1. The lowest BCUT2D eigenvalue weighted by Gasteiger charge is -2.10. The first kappa shape index (κ1) is 11.4. The molecule has 16 heavy (non-hydrogen) atoms. The van der Waals surface area contributed by atoms with Crippen LogP contribution >= 0.6 is 11.6 Å². The third-order valence-electron chi connectivity index (χ3n) is 2.84. The number of hydrogen-bond donors (Lipinski definition) is 2. The monoisotopic (exact) mass is 239 g/mol. The molecule has 2 atom stereocenters. The van der Waals surface area contributed by atoms with Crippen LogP contribution in [0.25, 0.3) is 0 Å². The first-order chi connectivity index (χ1) is 7.66. The lowest BCUT2D eigenvalue weighted by Crippen LogP contribution is -2.23. The number of amides is 1. The largest absolute Gasteiger partial charge is 0.328 e. The maximum atomic E-state index is 11.8. The average Bonchev–Trinajstić information content (AvgIpc) is 2.68. The normalized spacial score (nSPS) is 24.4. The van der Waals surface area contributed by atoms with Crippen molar-refractivity contribution in [2.75, 3.05) is 5.32 Å². The summed E-state index contributed by atoms with van der Waals surface area (Å²) in [5, 5.41) is 3.19. The first-order valence-corrected chi connectivity index (χ1v) is 5.71. The number of carbonyl (C=O) groups excluding carboxylic acids is 1. The van der Waals surface area contributed by atoms with Crippen molar-refractivity contribution in [3.8, 4) is 0 Å². The zero-order valence-electron chi connectivity index (χ0n) is 8.82. The van der Waals surface area contributed by atoms with Crippen LogP contribution in [0.4, 0.5) is 5.82 Å². The van der Waals surface area contributed by atoms with Crippen molar-refractivity contribution in [3.63, 3.8) is 0 Å². The molecule has 0 saturated heterocycles. The smallest absolute Gasteiger partial charge is 0.228 e. The Balaban J connectivity index is 2.00. The van der Waals surface area contributed by atoms with Crippen molar-refractivity contribution < 1.29 is 4.79 Å². The van der Waals surface area contributed by atoms with Gasteiger partial charge in [0.1, 0.15) is 0 Å². The van der Waals surface area contributed by atoms with E-state index in [9.17, 15) is 4.79 Å². The number of halogens is 1. The molecule has 0 bridgehead atoms. The van der Waals surface area contributed by atoms with Gasteiger partial charge in [0.05, 0.1) is 5.02 Å². The quantitative estimate of drug-likeness (QED) is 0.827. The highest BCUT2D eigenvalue weighted by Crippen LogP contribution is 2.26. The Hall–Kier alpha value is -1.13.